The number of aliphatic carboxylic acids is 1. The fraction of sp³-hybridized carbons (Fsp3) is 0.889. The van der Waals surface area contributed by atoms with E-state index in [2.05, 4.69) is 24.6 Å². The van der Waals surface area contributed by atoms with Gasteiger partial charge in [-0.05, 0) is 19.3 Å². The number of hydrogen-bond acceptors (Lipinski definition) is 2. The Kier molecular flexibility index (Phi) is 6.49. The predicted molar refractivity (Wildman–Crippen MR) is 51.9 cm³/mol. The minimum absolute atomic E-state index is 0.419. The van der Waals surface area contributed by atoms with E-state index in [1.54, 1.807) is 0 Å². The van der Waals surface area contributed by atoms with Gasteiger partial charge in [-0.2, -0.15) is 0 Å². The summed E-state index contributed by atoms with van der Waals surface area (Å²) in [5.74, 6) is -1.08. The number of carboxylic acids is 1. The molecule has 1 aliphatic carbocycles. The fourth-order valence-electron chi connectivity index (χ4n) is 1.08. The maximum absolute atomic E-state index is 10.1. The van der Waals surface area contributed by atoms with Crippen LogP contribution in [0.15, 0.2) is 0 Å². The van der Waals surface area contributed by atoms with Crippen LogP contribution in [0.25, 0.3) is 0 Å². The van der Waals surface area contributed by atoms with Crippen LogP contribution in [0.1, 0.15) is 39.0 Å². The summed E-state index contributed by atoms with van der Waals surface area (Å²) < 4.78 is 0. The quantitative estimate of drug-likeness (QED) is 0.644. The van der Waals surface area contributed by atoms with Gasteiger partial charge in [0.15, 0.2) is 5.60 Å². The van der Waals surface area contributed by atoms with E-state index in [0.717, 1.165) is 6.42 Å². The SMILES string of the molecule is O=C(O)C1(O)CCC1.[Li][CH2]CCC. The topological polar surface area (TPSA) is 57.5 Å². The van der Waals surface area contributed by atoms with E-state index < -0.39 is 11.6 Å². The average Bonchev–Trinajstić information content (AvgIpc) is 2.02. The van der Waals surface area contributed by atoms with Gasteiger partial charge >= 0.3 is 48.5 Å². The molecule has 0 aromatic rings. The maximum atomic E-state index is 10.1. The predicted octanol–water partition coefficient (Wildman–Crippen LogP) is 1.36. The first-order valence-electron chi connectivity index (χ1n) is 5.02. The summed E-state index contributed by atoms with van der Waals surface area (Å²) in [6, 6.07) is 0. The molecule has 0 heterocycles. The molecule has 1 saturated carbocycles. The molecule has 3 nitrogen and oxygen atoms in total. The molecule has 0 aromatic heterocycles. The molecule has 0 aliphatic heterocycles. The third-order valence-corrected chi connectivity index (χ3v) is 2.29. The van der Waals surface area contributed by atoms with Crippen molar-refractivity contribution in [3.05, 3.63) is 0 Å². The molecule has 0 spiro atoms. The summed E-state index contributed by atoms with van der Waals surface area (Å²) in [6.45, 7) is 2.21. The van der Waals surface area contributed by atoms with Crippen molar-refractivity contribution in [2.75, 3.05) is 0 Å². The first-order valence-corrected chi connectivity index (χ1v) is 5.02. The molecule has 1 rings (SSSR count). The zero-order valence-corrected chi connectivity index (χ0v) is 8.55. The zero-order valence-electron chi connectivity index (χ0n) is 8.55. The molecule has 72 valence electrons. The van der Waals surface area contributed by atoms with Crippen molar-refractivity contribution in [3.8, 4) is 0 Å². The third-order valence-electron chi connectivity index (χ3n) is 2.29. The van der Waals surface area contributed by atoms with Gasteiger partial charge in [-0.15, -0.1) is 0 Å². The van der Waals surface area contributed by atoms with Gasteiger partial charge in [-0.1, -0.05) is 0 Å². The van der Waals surface area contributed by atoms with Crippen molar-refractivity contribution in [1.29, 1.82) is 0 Å². The van der Waals surface area contributed by atoms with Gasteiger partial charge in [0, 0.05) is 0 Å². The Labute approximate surface area is 88.7 Å². The van der Waals surface area contributed by atoms with Crippen molar-refractivity contribution >= 4 is 23.7 Å². The van der Waals surface area contributed by atoms with Gasteiger partial charge in [0.2, 0.25) is 0 Å². The van der Waals surface area contributed by atoms with Crippen LogP contribution < -0.4 is 0 Å². The molecule has 1 fully saturated rings. The van der Waals surface area contributed by atoms with E-state index in [1.807, 2.05) is 0 Å². The Bertz CT molecular complexity index is 153. The first-order chi connectivity index (χ1) is 6.06. The number of unbranched alkanes of at least 4 members (excludes halogenated alkanes) is 1. The zero-order chi connectivity index (χ0) is 10.3. The van der Waals surface area contributed by atoms with Gasteiger partial charge in [-0.25, -0.2) is 4.79 Å². The minimum atomic E-state index is -1.36. The molecular formula is C9H17LiO3. The second-order valence-corrected chi connectivity index (χ2v) is 3.54. The van der Waals surface area contributed by atoms with E-state index in [0.29, 0.717) is 12.8 Å². The summed E-state index contributed by atoms with van der Waals surface area (Å²) >= 11 is 2.21. The van der Waals surface area contributed by atoms with Crippen LogP contribution in [-0.2, 0) is 4.79 Å². The average molecular weight is 180 g/mol. The molecule has 0 saturated heterocycles. The van der Waals surface area contributed by atoms with Crippen LogP contribution in [0.3, 0.4) is 0 Å². The molecule has 0 bridgehead atoms. The summed E-state index contributed by atoms with van der Waals surface area (Å²) in [6.07, 6.45) is 4.41. The third kappa shape index (κ3) is 4.71. The second-order valence-electron chi connectivity index (χ2n) is 3.54. The Morgan fingerprint density at radius 2 is 2.08 bits per heavy atom. The number of carboxylic acid groups (broad SMARTS) is 1. The van der Waals surface area contributed by atoms with Crippen molar-refractivity contribution < 1.29 is 15.0 Å². The van der Waals surface area contributed by atoms with Crippen molar-refractivity contribution in [2.45, 2.75) is 49.7 Å². The molecular weight excluding hydrogens is 163 g/mol. The summed E-state index contributed by atoms with van der Waals surface area (Å²) in [5, 5.41) is 18.5. The van der Waals surface area contributed by atoms with Gasteiger partial charge in [0.05, 0.1) is 0 Å². The number of aliphatic hydroxyl groups is 1. The van der Waals surface area contributed by atoms with Crippen LogP contribution in [0.4, 0.5) is 0 Å². The molecule has 0 amide bonds. The number of hydrogen-bond donors (Lipinski definition) is 2. The molecule has 4 heteroatoms. The van der Waals surface area contributed by atoms with E-state index >= 15 is 0 Å². The van der Waals surface area contributed by atoms with Gasteiger partial charge < -0.3 is 10.2 Å². The Balaban J connectivity index is 0.000000252. The Morgan fingerprint density at radius 3 is 2.08 bits per heavy atom. The second kappa shape index (κ2) is 6.48. The van der Waals surface area contributed by atoms with Gasteiger partial charge in [0.1, 0.15) is 0 Å². The van der Waals surface area contributed by atoms with Crippen LogP contribution in [0, 0.1) is 0 Å². The Morgan fingerprint density at radius 1 is 1.54 bits per heavy atom. The van der Waals surface area contributed by atoms with Gasteiger partial charge in [0.25, 0.3) is 0 Å². The summed E-state index contributed by atoms with van der Waals surface area (Å²) in [4.78, 5) is 10.1. The molecule has 0 radical (unpaired) electrons. The van der Waals surface area contributed by atoms with Crippen LogP contribution in [0.5, 0.6) is 0 Å². The van der Waals surface area contributed by atoms with E-state index in [-0.39, 0.29) is 0 Å². The number of carbonyl (C=O) groups is 1. The molecule has 0 unspecified atom stereocenters. The summed E-state index contributed by atoms with van der Waals surface area (Å²) in [7, 11) is 0. The number of rotatable bonds is 3. The van der Waals surface area contributed by atoms with Crippen LogP contribution >= 0.6 is 0 Å². The monoisotopic (exact) mass is 180 g/mol. The fourth-order valence-corrected chi connectivity index (χ4v) is 1.08. The standard InChI is InChI=1S/C5H8O3.C4H9.Li/c6-4(7)5(8)2-1-3-5;1-3-4-2;/h8H,1-3H2,(H,6,7);1,3-4H2,2H3;. The normalized spacial score (nSPS) is 18.2. The van der Waals surface area contributed by atoms with Crippen molar-refractivity contribution in [1.82, 2.24) is 0 Å². The molecule has 0 aromatic carbocycles. The first kappa shape index (κ1) is 13.0. The van der Waals surface area contributed by atoms with E-state index in [9.17, 15) is 4.79 Å². The molecule has 13 heavy (non-hydrogen) atoms. The van der Waals surface area contributed by atoms with Crippen molar-refractivity contribution in [3.63, 3.8) is 0 Å². The van der Waals surface area contributed by atoms with Gasteiger partial charge in [-0.3, -0.25) is 0 Å². The van der Waals surface area contributed by atoms with Crippen LogP contribution in [0.2, 0.25) is 5.09 Å². The molecule has 1 aliphatic rings. The molecule has 2 N–H and O–H groups in total. The van der Waals surface area contributed by atoms with E-state index in [1.165, 1.54) is 17.9 Å². The van der Waals surface area contributed by atoms with Crippen molar-refractivity contribution in [2.24, 2.45) is 0 Å². The molecule has 0 atom stereocenters. The summed E-state index contributed by atoms with van der Waals surface area (Å²) in [5.41, 5.74) is -1.36. The van der Waals surface area contributed by atoms with E-state index in [4.69, 9.17) is 10.2 Å². The van der Waals surface area contributed by atoms with Crippen LogP contribution in [-0.4, -0.2) is 39.5 Å². The Hall–Kier alpha value is 0.0274.